The Bertz CT molecular complexity index is 1630. The third-order valence-electron chi connectivity index (χ3n) is 10.4. The van der Waals surface area contributed by atoms with Gasteiger partial charge in [-0.25, -0.2) is 0 Å². The first-order chi connectivity index (χ1) is 18.3. The summed E-state index contributed by atoms with van der Waals surface area (Å²) in [5, 5.41) is 13.3. The fraction of sp³-hybridized carbons (Fsp3) is 0.306. The van der Waals surface area contributed by atoms with Crippen LogP contribution in [-0.4, -0.2) is 10.9 Å². The molecular formula is C36H34O2. The topological polar surface area (TPSA) is 37.3 Å². The Hall–Kier alpha value is -3.49. The lowest BCUT2D eigenvalue weighted by Crippen LogP contribution is -2.50. The molecule has 1 spiro atoms. The van der Waals surface area contributed by atoms with E-state index in [0.717, 1.165) is 28.7 Å². The maximum atomic E-state index is 14.9. The van der Waals surface area contributed by atoms with Crippen molar-refractivity contribution < 1.29 is 9.90 Å². The summed E-state index contributed by atoms with van der Waals surface area (Å²) in [6.45, 7) is 8.61. The molecule has 4 aromatic rings. The van der Waals surface area contributed by atoms with Gasteiger partial charge < -0.3 is 5.11 Å². The first kappa shape index (κ1) is 23.6. The molecule has 1 fully saturated rings. The van der Waals surface area contributed by atoms with E-state index in [1.807, 2.05) is 24.3 Å². The molecule has 1 N–H and O–H groups in total. The van der Waals surface area contributed by atoms with E-state index in [-0.39, 0.29) is 23.5 Å². The van der Waals surface area contributed by atoms with E-state index in [0.29, 0.717) is 6.42 Å². The zero-order valence-electron chi connectivity index (χ0n) is 22.6. The highest BCUT2D eigenvalue weighted by Crippen LogP contribution is 2.74. The molecule has 5 atom stereocenters. The summed E-state index contributed by atoms with van der Waals surface area (Å²) in [5.41, 5.74) is 9.11. The molecule has 0 heterocycles. The van der Waals surface area contributed by atoms with Crippen molar-refractivity contribution in [1.82, 2.24) is 0 Å². The van der Waals surface area contributed by atoms with Crippen LogP contribution in [0.5, 0.6) is 0 Å². The molecule has 0 radical (unpaired) electrons. The maximum Gasteiger partial charge on any atom is 0.173 e. The molecule has 4 aromatic carbocycles. The lowest BCUT2D eigenvalue weighted by molar-refractivity contribution is -0.0732. The Morgan fingerprint density at radius 3 is 2.00 bits per heavy atom. The normalized spacial score (nSPS) is 29.0. The van der Waals surface area contributed by atoms with Crippen molar-refractivity contribution >= 4 is 5.78 Å². The van der Waals surface area contributed by atoms with Crippen LogP contribution in [0.3, 0.4) is 0 Å². The van der Waals surface area contributed by atoms with Gasteiger partial charge in [0, 0.05) is 17.4 Å². The van der Waals surface area contributed by atoms with Crippen molar-refractivity contribution in [2.45, 2.75) is 58.0 Å². The Morgan fingerprint density at radius 2 is 1.32 bits per heavy atom. The molecule has 0 aliphatic heterocycles. The van der Waals surface area contributed by atoms with Crippen LogP contribution in [0.1, 0.15) is 72.3 Å². The molecule has 0 amide bonds. The number of rotatable bonds is 2. The van der Waals surface area contributed by atoms with Crippen molar-refractivity contribution in [3.8, 4) is 0 Å². The van der Waals surface area contributed by atoms with Gasteiger partial charge in [-0.2, -0.15) is 0 Å². The number of Topliss-reactive ketones (excluding diaryl/α,β-unsaturated/α-hetero) is 1. The van der Waals surface area contributed by atoms with E-state index >= 15 is 0 Å². The van der Waals surface area contributed by atoms with Crippen molar-refractivity contribution in [2.75, 3.05) is 0 Å². The Balaban J connectivity index is 1.57. The number of benzene rings is 4. The average molecular weight is 499 g/mol. The van der Waals surface area contributed by atoms with Gasteiger partial charge in [-0.05, 0) is 96.5 Å². The molecule has 38 heavy (non-hydrogen) atoms. The van der Waals surface area contributed by atoms with Crippen LogP contribution in [0.4, 0.5) is 0 Å². The van der Waals surface area contributed by atoms with Crippen LogP contribution in [0, 0.1) is 39.0 Å². The maximum absolute atomic E-state index is 14.9. The number of ketones is 1. The summed E-state index contributed by atoms with van der Waals surface area (Å²) in [4.78, 5) is 14.9. The number of carbonyl (C=O) groups is 1. The zero-order valence-corrected chi connectivity index (χ0v) is 22.6. The summed E-state index contributed by atoms with van der Waals surface area (Å²) < 4.78 is 0. The molecule has 190 valence electrons. The summed E-state index contributed by atoms with van der Waals surface area (Å²) in [6, 6.07) is 29.8. The number of aliphatic hydroxyl groups is 1. The van der Waals surface area contributed by atoms with E-state index < -0.39 is 11.0 Å². The molecule has 0 unspecified atom stereocenters. The Labute approximate surface area is 225 Å². The zero-order chi connectivity index (χ0) is 26.4. The summed E-state index contributed by atoms with van der Waals surface area (Å²) in [5.74, 6) is -0.127. The standard InChI is InChI=1S/C36H34O2/c1-21-13-15-26(17-23(21)3)32-31-19-25-9-6-8-12-30(25)36(31,38)35(20-28-10-5-7-11-29(28)34(35)37)33(32)27-16-14-22(2)24(4)18-27/h5-18,31-33,38H,19-20H2,1-4H3/t31-,32-,33+,35+,36+/m0/s1. The molecule has 0 saturated heterocycles. The second kappa shape index (κ2) is 8.01. The highest BCUT2D eigenvalue weighted by atomic mass is 16.3. The number of fused-ring (bicyclic) bond motifs is 5. The molecule has 0 aromatic heterocycles. The van der Waals surface area contributed by atoms with Crippen LogP contribution in [-0.2, 0) is 18.4 Å². The minimum atomic E-state index is -1.26. The summed E-state index contributed by atoms with van der Waals surface area (Å²) >= 11 is 0. The van der Waals surface area contributed by atoms with E-state index in [2.05, 4.69) is 88.4 Å². The predicted octanol–water partition coefficient (Wildman–Crippen LogP) is 7.29. The first-order valence-electron chi connectivity index (χ1n) is 13.8. The Morgan fingerprint density at radius 1 is 0.711 bits per heavy atom. The van der Waals surface area contributed by atoms with E-state index in [1.165, 1.54) is 33.4 Å². The van der Waals surface area contributed by atoms with Gasteiger partial charge in [-0.3, -0.25) is 4.79 Å². The number of aryl methyl sites for hydroxylation is 4. The van der Waals surface area contributed by atoms with Gasteiger partial charge in [0.25, 0.3) is 0 Å². The quantitative estimate of drug-likeness (QED) is 0.315. The average Bonchev–Trinajstić information content (AvgIpc) is 3.46. The molecule has 7 rings (SSSR count). The monoisotopic (exact) mass is 498 g/mol. The van der Waals surface area contributed by atoms with E-state index in [9.17, 15) is 9.90 Å². The molecule has 1 saturated carbocycles. The van der Waals surface area contributed by atoms with Crippen LogP contribution in [0.15, 0.2) is 84.9 Å². The Kier molecular flexibility index (Phi) is 4.98. The van der Waals surface area contributed by atoms with Gasteiger partial charge in [-0.15, -0.1) is 0 Å². The number of hydrogen-bond donors (Lipinski definition) is 1. The van der Waals surface area contributed by atoms with Gasteiger partial charge in [-0.1, -0.05) is 84.9 Å². The van der Waals surface area contributed by atoms with Crippen molar-refractivity contribution in [3.05, 3.63) is 141 Å². The third-order valence-corrected chi connectivity index (χ3v) is 10.4. The fourth-order valence-corrected chi connectivity index (χ4v) is 8.31. The van der Waals surface area contributed by atoms with Crippen molar-refractivity contribution in [1.29, 1.82) is 0 Å². The van der Waals surface area contributed by atoms with Crippen LogP contribution < -0.4 is 0 Å². The molecule has 3 aliphatic carbocycles. The van der Waals surface area contributed by atoms with Gasteiger partial charge in [0.2, 0.25) is 0 Å². The molecule has 2 heteroatoms. The summed E-state index contributed by atoms with van der Waals surface area (Å²) in [7, 11) is 0. The smallest absolute Gasteiger partial charge is 0.173 e. The van der Waals surface area contributed by atoms with Gasteiger partial charge in [0.1, 0.15) is 5.60 Å². The van der Waals surface area contributed by atoms with Crippen molar-refractivity contribution in [2.24, 2.45) is 11.3 Å². The predicted molar refractivity (Wildman–Crippen MR) is 152 cm³/mol. The highest BCUT2D eigenvalue weighted by Gasteiger charge is 2.75. The van der Waals surface area contributed by atoms with Crippen molar-refractivity contribution in [3.63, 3.8) is 0 Å². The van der Waals surface area contributed by atoms with Crippen LogP contribution in [0.25, 0.3) is 0 Å². The largest absolute Gasteiger partial charge is 0.384 e. The van der Waals surface area contributed by atoms with Gasteiger partial charge >= 0.3 is 0 Å². The van der Waals surface area contributed by atoms with E-state index in [4.69, 9.17) is 0 Å². The number of carbonyl (C=O) groups excluding carboxylic acids is 1. The lowest BCUT2D eigenvalue weighted by atomic mass is 9.61. The SMILES string of the molecule is Cc1ccc([C@@H]2[C@@H](c3ccc(C)c(C)c3)[C@@]3(Cc4ccccc4C3=O)[C@@]3(O)c4ccccc4C[C@@H]23)cc1C. The molecule has 3 aliphatic rings. The van der Waals surface area contributed by atoms with Crippen LogP contribution >= 0.6 is 0 Å². The minimum Gasteiger partial charge on any atom is -0.384 e. The van der Waals surface area contributed by atoms with Gasteiger partial charge in [0.15, 0.2) is 5.78 Å². The third kappa shape index (κ3) is 2.85. The fourth-order valence-electron chi connectivity index (χ4n) is 8.31. The second-order valence-electron chi connectivity index (χ2n) is 12.1. The van der Waals surface area contributed by atoms with Crippen LogP contribution in [0.2, 0.25) is 0 Å². The molecule has 2 nitrogen and oxygen atoms in total. The molecular weight excluding hydrogens is 464 g/mol. The minimum absolute atomic E-state index is 0.00654. The lowest BCUT2D eigenvalue weighted by Gasteiger charge is -2.42. The van der Waals surface area contributed by atoms with Gasteiger partial charge in [0.05, 0.1) is 5.41 Å². The highest BCUT2D eigenvalue weighted by molar-refractivity contribution is 6.07. The molecule has 0 bridgehead atoms. The van der Waals surface area contributed by atoms with E-state index in [1.54, 1.807) is 0 Å². The second-order valence-corrected chi connectivity index (χ2v) is 12.1. The summed E-state index contributed by atoms with van der Waals surface area (Å²) in [6.07, 6.45) is 1.33. The number of hydrogen-bond acceptors (Lipinski definition) is 2. The first-order valence-corrected chi connectivity index (χ1v) is 13.8.